The van der Waals surface area contributed by atoms with Gasteiger partial charge in [-0.25, -0.2) is 0 Å². The minimum atomic E-state index is -0.151. The summed E-state index contributed by atoms with van der Waals surface area (Å²) in [6, 6.07) is 0. The lowest BCUT2D eigenvalue weighted by Crippen LogP contribution is -2.24. The minimum absolute atomic E-state index is 0.0614. The number of hydrogen-bond donors (Lipinski definition) is 0. The maximum Gasteiger partial charge on any atom is 0.305 e. The van der Waals surface area contributed by atoms with E-state index in [0.29, 0.717) is 85.7 Å². The predicted molar refractivity (Wildman–Crippen MR) is 119 cm³/mol. The Kier molecular flexibility index (Phi) is 21.3. The summed E-state index contributed by atoms with van der Waals surface area (Å²) in [5.74, 6) is -0.151. The van der Waals surface area contributed by atoms with E-state index in [1.165, 1.54) is 6.42 Å². The van der Waals surface area contributed by atoms with Crippen LogP contribution in [0.4, 0.5) is 0 Å². The molecule has 1 fully saturated rings. The van der Waals surface area contributed by atoms with Gasteiger partial charge in [-0.05, 0) is 25.7 Å². The molecular formula is C23H44O9. The Morgan fingerprint density at radius 2 is 1.25 bits per heavy atom. The van der Waals surface area contributed by atoms with Crippen molar-refractivity contribution in [3.05, 3.63) is 0 Å². The molecule has 1 saturated heterocycles. The van der Waals surface area contributed by atoms with Crippen molar-refractivity contribution in [3.8, 4) is 0 Å². The van der Waals surface area contributed by atoms with Gasteiger partial charge >= 0.3 is 5.97 Å². The second-order valence-corrected chi connectivity index (χ2v) is 7.41. The van der Waals surface area contributed by atoms with E-state index in [2.05, 4.69) is 6.92 Å². The minimum Gasteiger partial charge on any atom is -0.463 e. The summed E-state index contributed by atoms with van der Waals surface area (Å²) in [5.41, 5.74) is 0. The number of ether oxygens (including phenoxy) is 8. The van der Waals surface area contributed by atoms with Gasteiger partial charge in [0.2, 0.25) is 0 Å². The number of carbonyl (C=O) groups is 1. The highest BCUT2D eigenvalue weighted by molar-refractivity contribution is 5.69. The molecule has 1 unspecified atom stereocenters. The van der Waals surface area contributed by atoms with Crippen molar-refractivity contribution in [1.29, 1.82) is 0 Å². The molecule has 0 aromatic rings. The van der Waals surface area contributed by atoms with Crippen LogP contribution in [0.3, 0.4) is 0 Å². The first-order valence-corrected chi connectivity index (χ1v) is 12.1. The van der Waals surface area contributed by atoms with Crippen molar-refractivity contribution in [3.63, 3.8) is 0 Å². The summed E-state index contributed by atoms with van der Waals surface area (Å²) in [6.07, 6.45) is 6.73. The van der Waals surface area contributed by atoms with Gasteiger partial charge in [0.05, 0.1) is 72.7 Å². The van der Waals surface area contributed by atoms with Gasteiger partial charge in [-0.15, -0.1) is 0 Å². The predicted octanol–water partition coefficient (Wildman–Crippen LogP) is 2.74. The third kappa shape index (κ3) is 19.8. The van der Waals surface area contributed by atoms with Crippen molar-refractivity contribution >= 4 is 5.97 Å². The molecule has 1 atom stereocenters. The van der Waals surface area contributed by atoms with Crippen LogP contribution >= 0.6 is 0 Å². The molecule has 0 saturated carbocycles. The summed E-state index contributed by atoms with van der Waals surface area (Å²) >= 11 is 0. The van der Waals surface area contributed by atoms with E-state index in [1.807, 2.05) is 0 Å². The van der Waals surface area contributed by atoms with Crippen molar-refractivity contribution in [2.45, 2.75) is 58.2 Å². The largest absolute Gasteiger partial charge is 0.463 e. The van der Waals surface area contributed by atoms with Crippen LogP contribution in [-0.4, -0.2) is 98.1 Å². The lowest BCUT2D eigenvalue weighted by atomic mass is 10.2. The molecule has 9 heteroatoms. The highest BCUT2D eigenvalue weighted by Crippen LogP contribution is 2.13. The molecule has 9 nitrogen and oxygen atoms in total. The van der Waals surface area contributed by atoms with Crippen molar-refractivity contribution in [2.75, 3.05) is 85.9 Å². The molecule has 0 radical (unpaired) electrons. The Bertz CT molecular complexity index is 403. The zero-order valence-electron chi connectivity index (χ0n) is 19.9. The van der Waals surface area contributed by atoms with E-state index >= 15 is 0 Å². The third-order valence-electron chi connectivity index (χ3n) is 4.63. The Hall–Kier alpha value is -0.810. The first-order valence-electron chi connectivity index (χ1n) is 12.1. The number of unbranched alkanes of at least 4 members (excludes halogenated alkanes) is 2. The Balaban J connectivity index is 1.66. The van der Waals surface area contributed by atoms with Crippen LogP contribution in [0.1, 0.15) is 51.9 Å². The molecule has 0 bridgehead atoms. The van der Waals surface area contributed by atoms with E-state index in [-0.39, 0.29) is 12.3 Å². The van der Waals surface area contributed by atoms with E-state index in [0.717, 1.165) is 38.7 Å². The molecule has 1 heterocycles. The average Bonchev–Trinajstić information content (AvgIpc) is 2.81. The van der Waals surface area contributed by atoms with E-state index in [9.17, 15) is 4.79 Å². The molecule has 1 aliphatic heterocycles. The maximum absolute atomic E-state index is 11.4. The zero-order valence-corrected chi connectivity index (χ0v) is 19.9. The highest BCUT2D eigenvalue weighted by atomic mass is 16.7. The van der Waals surface area contributed by atoms with Gasteiger partial charge in [-0.2, -0.15) is 0 Å². The molecule has 0 N–H and O–H groups in total. The SMILES string of the molecule is CCCCCC(=O)OCCOCCOCCOCCOCCOCCOC1CCCCO1. The van der Waals surface area contributed by atoms with Gasteiger partial charge in [0.1, 0.15) is 6.61 Å². The van der Waals surface area contributed by atoms with Gasteiger partial charge in [0.25, 0.3) is 0 Å². The fourth-order valence-electron chi connectivity index (χ4n) is 2.87. The first-order chi connectivity index (χ1) is 15.8. The quantitative estimate of drug-likeness (QED) is 0.167. The number of rotatable bonds is 23. The van der Waals surface area contributed by atoms with Gasteiger partial charge < -0.3 is 37.9 Å². The highest BCUT2D eigenvalue weighted by Gasteiger charge is 2.13. The van der Waals surface area contributed by atoms with Crippen LogP contribution in [0.25, 0.3) is 0 Å². The standard InChI is InChI=1S/C23H44O9/c1-2-3-4-7-22(24)30-20-18-28-16-14-26-12-10-25-11-13-27-15-17-29-19-21-32-23-8-5-6-9-31-23/h23H,2-21H2,1H3. The summed E-state index contributed by atoms with van der Waals surface area (Å²) < 4.78 is 43.3. The zero-order chi connectivity index (χ0) is 23.0. The Morgan fingerprint density at radius 1 is 0.719 bits per heavy atom. The topological polar surface area (TPSA) is 90.9 Å². The normalized spacial score (nSPS) is 16.3. The lowest BCUT2D eigenvalue weighted by Gasteiger charge is -2.22. The van der Waals surface area contributed by atoms with Crippen LogP contribution in [0.2, 0.25) is 0 Å². The van der Waals surface area contributed by atoms with E-state index in [1.54, 1.807) is 0 Å². The smallest absolute Gasteiger partial charge is 0.305 e. The number of hydrogen-bond acceptors (Lipinski definition) is 9. The van der Waals surface area contributed by atoms with Crippen LogP contribution in [-0.2, 0) is 42.7 Å². The second-order valence-electron chi connectivity index (χ2n) is 7.41. The maximum atomic E-state index is 11.4. The molecule has 1 aliphatic rings. The molecule has 0 aliphatic carbocycles. The number of carbonyl (C=O) groups excluding carboxylic acids is 1. The fraction of sp³-hybridized carbons (Fsp3) is 0.957. The van der Waals surface area contributed by atoms with Crippen LogP contribution in [0, 0.1) is 0 Å². The Labute approximate surface area is 193 Å². The van der Waals surface area contributed by atoms with E-state index < -0.39 is 0 Å². The van der Waals surface area contributed by atoms with Crippen LogP contribution < -0.4 is 0 Å². The van der Waals surface area contributed by atoms with Gasteiger partial charge in [-0.3, -0.25) is 4.79 Å². The van der Waals surface area contributed by atoms with Crippen LogP contribution in [0.5, 0.6) is 0 Å². The second kappa shape index (κ2) is 23.4. The van der Waals surface area contributed by atoms with Crippen molar-refractivity contribution < 1.29 is 42.7 Å². The van der Waals surface area contributed by atoms with E-state index in [4.69, 9.17) is 37.9 Å². The lowest BCUT2D eigenvalue weighted by molar-refractivity contribution is -0.169. The first kappa shape index (κ1) is 29.2. The molecule has 0 amide bonds. The van der Waals surface area contributed by atoms with Crippen molar-refractivity contribution in [1.82, 2.24) is 0 Å². The fourth-order valence-corrected chi connectivity index (χ4v) is 2.87. The summed E-state index contributed by atoms with van der Waals surface area (Å²) in [5, 5.41) is 0. The molecule has 1 rings (SSSR count). The summed E-state index contributed by atoms with van der Waals surface area (Å²) in [6.45, 7) is 8.76. The molecule has 32 heavy (non-hydrogen) atoms. The van der Waals surface area contributed by atoms with Gasteiger partial charge in [0.15, 0.2) is 6.29 Å². The summed E-state index contributed by atoms with van der Waals surface area (Å²) in [4.78, 5) is 11.4. The third-order valence-corrected chi connectivity index (χ3v) is 4.63. The molecule has 0 spiro atoms. The van der Waals surface area contributed by atoms with Gasteiger partial charge in [-0.1, -0.05) is 19.8 Å². The average molecular weight is 465 g/mol. The molecular weight excluding hydrogens is 420 g/mol. The molecule has 0 aromatic heterocycles. The monoisotopic (exact) mass is 464 g/mol. The summed E-state index contributed by atoms with van der Waals surface area (Å²) in [7, 11) is 0. The molecule has 0 aromatic carbocycles. The Morgan fingerprint density at radius 3 is 1.75 bits per heavy atom. The number of esters is 1. The van der Waals surface area contributed by atoms with Crippen molar-refractivity contribution in [2.24, 2.45) is 0 Å². The van der Waals surface area contributed by atoms with Crippen LogP contribution in [0.15, 0.2) is 0 Å². The molecule has 190 valence electrons. The van der Waals surface area contributed by atoms with Gasteiger partial charge in [0, 0.05) is 13.0 Å².